The summed E-state index contributed by atoms with van der Waals surface area (Å²) in [6, 6.07) is 16.7. The zero-order chi connectivity index (χ0) is 24.1. The zero-order valence-corrected chi connectivity index (χ0v) is 18.4. The number of rotatable bonds is 6. The van der Waals surface area contributed by atoms with Gasteiger partial charge in [-0.2, -0.15) is 0 Å². The molecule has 0 heterocycles. The number of anilines is 1. The molecule has 1 atom stereocenters. The summed E-state index contributed by atoms with van der Waals surface area (Å²) in [5.41, 5.74) is 2.61. The van der Waals surface area contributed by atoms with E-state index in [1.54, 1.807) is 26.0 Å². The second-order valence-corrected chi connectivity index (χ2v) is 7.59. The average molecular weight is 448 g/mol. The second kappa shape index (κ2) is 9.86. The molecule has 0 bridgehead atoms. The van der Waals surface area contributed by atoms with Crippen LogP contribution in [0.15, 0.2) is 60.7 Å². The van der Waals surface area contributed by atoms with Gasteiger partial charge in [0, 0.05) is 5.69 Å². The minimum atomic E-state index is -1.58. The van der Waals surface area contributed by atoms with Crippen LogP contribution in [-0.2, 0) is 9.59 Å². The van der Waals surface area contributed by atoms with Crippen LogP contribution in [-0.4, -0.2) is 28.0 Å². The highest BCUT2D eigenvalue weighted by Gasteiger charge is 2.18. The fourth-order valence-electron chi connectivity index (χ4n) is 3.35. The molecule has 0 aromatic heterocycles. The van der Waals surface area contributed by atoms with Gasteiger partial charge >= 0.3 is 11.9 Å². The van der Waals surface area contributed by atoms with Crippen molar-refractivity contribution < 1.29 is 29.3 Å². The van der Waals surface area contributed by atoms with Crippen molar-refractivity contribution >= 4 is 23.5 Å². The largest absolute Gasteiger partial charge is 0.507 e. The molecule has 0 spiro atoms. The van der Waals surface area contributed by atoms with Crippen LogP contribution in [0.4, 0.5) is 5.69 Å². The fourth-order valence-corrected chi connectivity index (χ4v) is 3.35. The second-order valence-electron chi connectivity index (χ2n) is 7.59. The predicted octanol–water partition coefficient (Wildman–Crippen LogP) is 4.32. The van der Waals surface area contributed by atoms with Gasteiger partial charge in [-0.25, -0.2) is 4.79 Å². The molecule has 8 nitrogen and oxygen atoms in total. The van der Waals surface area contributed by atoms with Gasteiger partial charge in [0.15, 0.2) is 0 Å². The maximum atomic E-state index is 12.8. The van der Waals surface area contributed by atoms with Crippen LogP contribution < -0.4 is 15.4 Å². The van der Waals surface area contributed by atoms with Crippen LogP contribution in [0, 0.1) is 13.8 Å². The molecule has 3 aromatic rings. The van der Waals surface area contributed by atoms with Crippen molar-refractivity contribution in [2.45, 2.75) is 26.8 Å². The summed E-state index contributed by atoms with van der Waals surface area (Å²) in [6.45, 7) is 5.34. The van der Waals surface area contributed by atoms with Crippen LogP contribution in [0.1, 0.15) is 40.0 Å². The van der Waals surface area contributed by atoms with Gasteiger partial charge in [0.2, 0.25) is 0 Å². The highest BCUT2D eigenvalue weighted by atomic mass is 16.5. The Morgan fingerprint density at radius 2 is 1.58 bits per heavy atom. The Bertz CT molecular complexity index is 1180. The predicted molar refractivity (Wildman–Crippen MR) is 123 cm³/mol. The summed E-state index contributed by atoms with van der Waals surface area (Å²) in [5.74, 6) is -2.53. The topological polar surface area (TPSA) is 125 Å². The van der Waals surface area contributed by atoms with Gasteiger partial charge in [-0.05, 0) is 67.8 Å². The zero-order valence-electron chi connectivity index (χ0n) is 18.4. The number of hydrogen-bond donors (Lipinski definition) is 4. The van der Waals surface area contributed by atoms with Crippen LogP contribution in [0.3, 0.4) is 0 Å². The Morgan fingerprint density at radius 1 is 0.939 bits per heavy atom. The van der Waals surface area contributed by atoms with Crippen molar-refractivity contribution in [2.24, 2.45) is 0 Å². The van der Waals surface area contributed by atoms with Crippen LogP contribution in [0.2, 0.25) is 0 Å². The molecule has 0 radical (unpaired) electrons. The van der Waals surface area contributed by atoms with Gasteiger partial charge < -0.3 is 25.6 Å². The summed E-state index contributed by atoms with van der Waals surface area (Å²) in [7, 11) is 0. The Kier molecular flexibility index (Phi) is 6.97. The van der Waals surface area contributed by atoms with Gasteiger partial charge in [0.25, 0.3) is 5.91 Å². The monoisotopic (exact) mass is 448 g/mol. The van der Waals surface area contributed by atoms with Crippen molar-refractivity contribution in [3.8, 4) is 17.2 Å². The average Bonchev–Trinajstić information content (AvgIpc) is 2.77. The highest BCUT2D eigenvalue weighted by Crippen LogP contribution is 2.33. The third kappa shape index (κ3) is 5.68. The Hall–Kier alpha value is -4.33. The van der Waals surface area contributed by atoms with E-state index in [2.05, 4.69) is 10.6 Å². The smallest absolute Gasteiger partial charge is 0.394 e. The van der Waals surface area contributed by atoms with Crippen molar-refractivity contribution in [1.82, 2.24) is 5.32 Å². The molecule has 8 heteroatoms. The first-order valence-electron chi connectivity index (χ1n) is 10.2. The van der Waals surface area contributed by atoms with Crippen molar-refractivity contribution in [1.29, 1.82) is 0 Å². The first-order chi connectivity index (χ1) is 15.7. The first-order valence-corrected chi connectivity index (χ1v) is 10.2. The lowest BCUT2D eigenvalue weighted by atomic mass is 10.1. The van der Waals surface area contributed by atoms with Gasteiger partial charge in [-0.1, -0.05) is 30.3 Å². The van der Waals surface area contributed by atoms with Gasteiger partial charge in [-0.15, -0.1) is 0 Å². The Balaban J connectivity index is 1.80. The van der Waals surface area contributed by atoms with E-state index in [4.69, 9.17) is 9.84 Å². The Morgan fingerprint density at radius 3 is 2.18 bits per heavy atom. The molecule has 2 amide bonds. The van der Waals surface area contributed by atoms with Crippen LogP contribution >= 0.6 is 0 Å². The molecule has 0 saturated heterocycles. The lowest BCUT2D eigenvalue weighted by Gasteiger charge is -2.17. The molecular weight excluding hydrogens is 424 g/mol. The quantitative estimate of drug-likeness (QED) is 0.416. The van der Waals surface area contributed by atoms with Crippen molar-refractivity contribution in [2.75, 3.05) is 5.32 Å². The van der Waals surface area contributed by atoms with E-state index in [9.17, 15) is 19.5 Å². The van der Waals surface area contributed by atoms with Gasteiger partial charge in [0.1, 0.15) is 17.2 Å². The van der Waals surface area contributed by atoms with E-state index in [1.807, 2.05) is 37.3 Å². The van der Waals surface area contributed by atoms with Crippen molar-refractivity contribution in [3.05, 3.63) is 82.9 Å². The van der Waals surface area contributed by atoms with E-state index in [-0.39, 0.29) is 17.4 Å². The maximum Gasteiger partial charge on any atom is 0.394 e. The molecule has 0 aliphatic heterocycles. The number of aliphatic carboxylic acids is 1. The van der Waals surface area contributed by atoms with E-state index in [1.165, 1.54) is 18.2 Å². The maximum absolute atomic E-state index is 12.8. The fraction of sp³-hybridized carbons (Fsp3) is 0.160. The van der Waals surface area contributed by atoms with E-state index < -0.39 is 17.8 Å². The number of benzene rings is 3. The SMILES string of the molecule is Cc1cc(NC(=O)C(=O)O)cc(C)c1Oc1ccc(O)c(C(=O)N[C@H](C)c2ccccc2)c1. The summed E-state index contributed by atoms with van der Waals surface area (Å²) >= 11 is 0. The van der Waals surface area contributed by atoms with E-state index in [0.29, 0.717) is 28.3 Å². The summed E-state index contributed by atoms with van der Waals surface area (Å²) in [4.78, 5) is 34.9. The number of amides is 2. The third-order valence-electron chi connectivity index (χ3n) is 4.99. The number of ether oxygens (including phenoxy) is 1. The number of phenolic OH excluding ortho intramolecular Hbond substituents is 1. The first kappa shape index (κ1) is 23.3. The number of carboxylic acids is 1. The van der Waals surface area contributed by atoms with Gasteiger partial charge in [-0.3, -0.25) is 9.59 Å². The normalized spacial score (nSPS) is 11.4. The molecule has 0 unspecified atom stereocenters. The number of carbonyl (C=O) groups excluding carboxylic acids is 2. The molecule has 0 fully saturated rings. The molecule has 3 aromatic carbocycles. The number of carboxylic acid groups (broad SMARTS) is 1. The number of nitrogens with one attached hydrogen (secondary N) is 2. The highest BCUT2D eigenvalue weighted by molar-refractivity contribution is 6.36. The number of phenols is 1. The summed E-state index contributed by atoms with van der Waals surface area (Å²) < 4.78 is 5.96. The molecule has 3 rings (SSSR count). The lowest BCUT2D eigenvalue weighted by molar-refractivity contribution is -0.147. The molecule has 33 heavy (non-hydrogen) atoms. The lowest BCUT2D eigenvalue weighted by Crippen LogP contribution is -2.26. The number of hydrogen-bond acceptors (Lipinski definition) is 5. The van der Waals surface area contributed by atoms with Crippen molar-refractivity contribution in [3.63, 3.8) is 0 Å². The minimum absolute atomic E-state index is 0.0657. The molecule has 0 aliphatic carbocycles. The minimum Gasteiger partial charge on any atom is -0.507 e. The van der Waals surface area contributed by atoms with E-state index >= 15 is 0 Å². The molecule has 0 aliphatic rings. The summed E-state index contributed by atoms with van der Waals surface area (Å²) in [5, 5.41) is 24.1. The summed E-state index contributed by atoms with van der Waals surface area (Å²) in [6.07, 6.45) is 0. The van der Waals surface area contributed by atoms with Crippen LogP contribution in [0.25, 0.3) is 0 Å². The third-order valence-corrected chi connectivity index (χ3v) is 4.99. The number of aromatic hydroxyl groups is 1. The van der Waals surface area contributed by atoms with Crippen LogP contribution in [0.5, 0.6) is 17.2 Å². The Labute approximate surface area is 190 Å². The number of aryl methyl sites for hydroxylation is 2. The molecule has 0 saturated carbocycles. The molecular formula is C25H24N2O6. The molecule has 170 valence electrons. The van der Waals surface area contributed by atoms with E-state index in [0.717, 1.165) is 5.56 Å². The molecule has 4 N–H and O–H groups in total. The van der Waals surface area contributed by atoms with Gasteiger partial charge in [0.05, 0.1) is 11.6 Å². The standard InChI is InChI=1S/C25H24N2O6/c1-14-11-18(27-24(30)25(31)32)12-15(2)22(14)33-19-9-10-21(28)20(13-19)23(29)26-16(3)17-7-5-4-6-8-17/h4-13,16,28H,1-3H3,(H,26,29)(H,27,30)(H,31,32)/t16-/m1/s1. The number of carbonyl (C=O) groups is 3.